The average Bonchev–Trinajstić information content (AvgIpc) is 3.01. The third kappa shape index (κ3) is 2.91. The number of carbonyl (C=O) groups is 1. The Morgan fingerprint density at radius 2 is 1.74 bits per heavy atom. The van der Waals surface area contributed by atoms with E-state index in [2.05, 4.69) is 34.6 Å². The van der Waals surface area contributed by atoms with E-state index >= 15 is 0 Å². The maximum Gasteiger partial charge on any atom is 0.302 e. The molecular formula is C29H46O2. The minimum atomic E-state index is -0.104. The highest BCUT2D eigenvalue weighted by molar-refractivity contribution is 5.66. The molecule has 31 heavy (non-hydrogen) atoms. The Balaban J connectivity index is 1.31. The summed E-state index contributed by atoms with van der Waals surface area (Å²) in [5, 5.41) is 0. The van der Waals surface area contributed by atoms with Crippen molar-refractivity contribution >= 4 is 5.97 Å². The number of rotatable bonds is 6. The molecule has 2 nitrogen and oxygen atoms in total. The van der Waals surface area contributed by atoms with Crippen molar-refractivity contribution in [1.82, 2.24) is 0 Å². The van der Waals surface area contributed by atoms with Gasteiger partial charge in [0.15, 0.2) is 0 Å². The minimum Gasteiger partial charge on any atom is -0.462 e. The van der Waals surface area contributed by atoms with Crippen LogP contribution in [0.1, 0.15) is 112 Å². The Morgan fingerprint density at radius 1 is 0.968 bits per heavy atom. The molecule has 0 aromatic heterocycles. The zero-order chi connectivity index (χ0) is 22.2. The Kier molecular flexibility index (Phi) is 5.23. The zero-order valence-electron chi connectivity index (χ0n) is 21.1. The number of allylic oxidation sites excluding steroid dienone is 1. The number of hydrogen-bond acceptors (Lipinski definition) is 2. The first-order chi connectivity index (χ1) is 14.6. The quantitative estimate of drug-likeness (QED) is 0.321. The topological polar surface area (TPSA) is 26.3 Å². The van der Waals surface area contributed by atoms with Crippen molar-refractivity contribution in [3.05, 3.63) is 11.1 Å². The van der Waals surface area contributed by atoms with Gasteiger partial charge in [0.2, 0.25) is 0 Å². The molecule has 0 heterocycles. The first-order valence-corrected chi connectivity index (χ1v) is 13.5. The van der Waals surface area contributed by atoms with Gasteiger partial charge in [0, 0.05) is 18.8 Å². The second kappa shape index (κ2) is 7.36. The summed E-state index contributed by atoms with van der Waals surface area (Å²) in [5.41, 5.74) is 5.06. The molecule has 0 bridgehead atoms. The van der Waals surface area contributed by atoms with Gasteiger partial charge < -0.3 is 4.74 Å². The second-order valence-corrected chi connectivity index (χ2v) is 13.1. The van der Waals surface area contributed by atoms with Crippen LogP contribution < -0.4 is 0 Å². The van der Waals surface area contributed by atoms with Gasteiger partial charge in [-0.1, -0.05) is 65.0 Å². The summed E-state index contributed by atoms with van der Waals surface area (Å²) >= 11 is 0. The Morgan fingerprint density at radius 3 is 2.45 bits per heavy atom. The zero-order valence-corrected chi connectivity index (χ0v) is 21.1. The van der Waals surface area contributed by atoms with Crippen molar-refractivity contribution in [2.75, 3.05) is 0 Å². The summed E-state index contributed by atoms with van der Waals surface area (Å²) in [6.45, 7) is 14.2. The largest absolute Gasteiger partial charge is 0.462 e. The Hall–Kier alpha value is -0.790. The standard InChI is InChI=1S/C29H46O2/c1-18(2)8-7-9-19(3)22-10-11-23-25-17-26-24-16-21(31-20(4)30)12-13-28(24,6)29(25,26)15-14-27(22,23)5/h18-19,21-23,25H,7-17H2,1-6H3/t19-,21+,22-,23+,25?,27-,28+,29+/m1/s1. The first kappa shape index (κ1) is 22.0. The molecule has 0 N–H and O–H groups in total. The molecule has 8 atom stereocenters. The minimum absolute atomic E-state index is 0.104. The van der Waals surface area contributed by atoms with E-state index in [4.69, 9.17) is 4.74 Å². The number of esters is 1. The molecule has 0 radical (unpaired) electrons. The molecule has 174 valence electrons. The summed E-state index contributed by atoms with van der Waals surface area (Å²) in [6.07, 6.45) is 14.9. The molecule has 2 heteroatoms. The van der Waals surface area contributed by atoms with Crippen molar-refractivity contribution in [2.45, 2.75) is 118 Å². The highest BCUT2D eigenvalue weighted by Crippen LogP contribution is 2.84. The maximum atomic E-state index is 11.5. The molecule has 4 saturated carbocycles. The van der Waals surface area contributed by atoms with Gasteiger partial charge in [0.1, 0.15) is 6.10 Å². The fourth-order valence-corrected chi connectivity index (χ4v) is 10.1. The molecule has 1 unspecified atom stereocenters. The van der Waals surface area contributed by atoms with Crippen LogP contribution in [0.15, 0.2) is 11.1 Å². The molecule has 0 saturated heterocycles. The van der Waals surface area contributed by atoms with Crippen LogP contribution in [0.25, 0.3) is 0 Å². The first-order valence-electron chi connectivity index (χ1n) is 13.5. The molecule has 4 fully saturated rings. The highest BCUT2D eigenvalue weighted by Gasteiger charge is 2.75. The monoisotopic (exact) mass is 426 g/mol. The van der Waals surface area contributed by atoms with Gasteiger partial charge >= 0.3 is 5.97 Å². The Bertz CT molecular complexity index is 780. The highest BCUT2D eigenvalue weighted by atomic mass is 16.5. The Labute approximate surface area is 191 Å². The van der Waals surface area contributed by atoms with Gasteiger partial charge in [-0.15, -0.1) is 0 Å². The fraction of sp³-hybridized carbons (Fsp3) is 0.897. The van der Waals surface area contributed by atoms with E-state index < -0.39 is 0 Å². The van der Waals surface area contributed by atoms with Crippen molar-refractivity contribution in [1.29, 1.82) is 0 Å². The lowest BCUT2D eigenvalue weighted by molar-refractivity contribution is -0.176. The predicted molar refractivity (Wildman–Crippen MR) is 126 cm³/mol. The van der Waals surface area contributed by atoms with E-state index in [1.54, 1.807) is 12.5 Å². The third-order valence-electron chi connectivity index (χ3n) is 11.5. The van der Waals surface area contributed by atoms with Crippen molar-refractivity contribution in [2.24, 2.45) is 45.8 Å². The summed E-state index contributed by atoms with van der Waals surface area (Å²) in [6, 6.07) is 0. The number of fused-ring (bicyclic) bond motifs is 3. The van der Waals surface area contributed by atoms with Crippen LogP contribution in [0.4, 0.5) is 0 Å². The summed E-state index contributed by atoms with van der Waals surface area (Å²) in [4.78, 5) is 11.5. The van der Waals surface area contributed by atoms with Gasteiger partial charge in [-0.05, 0) is 85.4 Å². The van der Waals surface area contributed by atoms with Crippen molar-refractivity contribution in [3.63, 3.8) is 0 Å². The smallest absolute Gasteiger partial charge is 0.302 e. The predicted octanol–water partition coefficient (Wildman–Crippen LogP) is 7.71. The normalized spacial score (nSPS) is 46.3. The van der Waals surface area contributed by atoms with Crippen LogP contribution in [-0.4, -0.2) is 12.1 Å². The van der Waals surface area contributed by atoms with Gasteiger partial charge in [-0.3, -0.25) is 4.79 Å². The number of ether oxygens (including phenoxy) is 1. The van der Waals surface area contributed by atoms with Crippen LogP contribution in [0.3, 0.4) is 0 Å². The molecule has 5 aliphatic carbocycles. The van der Waals surface area contributed by atoms with E-state index in [1.807, 2.05) is 5.57 Å². The van der Waals surface area contributed by atoms with E-state index in [0.29, 0.717) is 16.2 Å². The average molecular weight is 427 g/mol. The third-order valence-corrected chi connectivity index (χ3v) is 11.5. The molecule has 0 aromatic carbocycles. The van der Waals surface area contributed by atoms with Crippen LogP contribution in [0.5, 0.6) is 0 Å². The van der Waals surface area contributed by atoms with E-state index in [-0.39, 0.29) is 12.1 Å². The van der Waals surface area contributed by atoms with Gasteiger partial charge in [-0.25, -0.2) is 0 Å². The van der Waals surface area contributed by atoms with Gasteiger partial charge in [0.05, 0.1) is 0 Å². The summed E-state index contributed by atoms with van der Waals surface area (Å²) in [5.74, 6) is 4.47. The van der Waals surface area contributed by atoms with Crippen molar-refractivity contribution < 1.29 is 9.53 Å². The lowest BCUT2D eigenvalue weighted by atomic mass is 9.27. The molecule has 5 aliphatic rings. The summed E-state index contributed by atoms with van der Waals surface area (Å²) < 4.78 is 5.63. The molecule has 5 rings (SSSR count). The molecule has 1 spiro atoms. The van der Waals surface area contributed by atoms with Crippen LogP contribution >= 0.6 is 0 Å². The fourth-order valence-electron chi connectivity index (χ4n) is 10.1. The van der Waals surface area contributed by atoms with Crippen LogP contribution in [-0.2, 0) is 9.53 Å². The molecule has 0 aromatic rings. The second-order valence-electron chi connectivity index (χ2n) is 13.1. The van der Waals surface area contributed by atoms with E-state index in [9.17, 15) is 4.79 Å². The number of carbonyl (C=O) groups excluding carboxylic acids is 1. The molecular weight excluding hydrogens is 380 g/mol. The van der Waals surface area contributed by atoms with Crippen LogP contribution in [0, 0.1) is 45.8 Å². The molecule has 0 amide bonds. The van der Waals surface area contributed by atoms with E-state index in [1.165, 1.54) is 57.8 Å². The van der Waals surface area contributed by atoms with Crippen molar-refractivity contribution in [3.8, 4) is 0 Å². The number of hydrogen-bond donors (Lipinski definition) is 0. The SMILES string of the molecule is CC(=O)O[C@H]1CC[C@@]2(C)C(=C3CC4[C@@H]5CC[C@H]([C@H](C)CCCC(C)C)[C@@]5(C)CC[C@@]342)C1. The van der Waals surface area contributed by atoms with E-state index in [0.717, 1.165) is 42.4 Å². The van der Waals surface area contributed by atoms with Gasteiger partial charge in [-0.2, -0.15) is 0 Å². The lowest BCUT2D eigenvalue weighted by Crippen LogP contribution is -2.69. The lowest BCUT2D eigenvalue weighted by Gasteiger charge is -2.77. The van der Waals surface area contributed by atoms with Gasteiger partial charge in [0.25, 0.3) is 0 Å². The maximum absolute atomic E-state index is 11.5. The summed E-state index contributed by atoms with van der Waals surface area (Å²) in [7, 11) is 0. The van der Waals surface area contributed by atoms with Crippen LogP contribution in [0.2, 0.25) is 0 Å². The molecule has 0 aliphatic heterocycles.